The van der Waals surface area contributed by atoms with Gasteiger partial charge in [-0.25, -0.2) is 0 Å². The average Bonchev–Trinajstić information content (AvgIpc) is 2.77. The topological polar surface area (TPSA) is 26.3 Å². The fraction of sp³-hybridized carbons (Fsp3) is 0.650. The van der Waals surface area contributed by atoms with Crippen LogP contribution < -0.4 is 0 Å². The highest BCUT2D eigenvalue weighted by Crippen LogP contribution is 2.60. The van der Waals surface area contributed by atoms with Crippen molar-refractivity contribution in [3.05, 3.63) is 35.6 Å². The second-order valence-electron chi connectivity index (χ2n) is 7.93. The first-order valence-corrected chi connectivity index (χ1v) is 8.72. The quantitative estimate of drug-likeness (QED) is 0.669. The maximum Gasteiger partial charge on any atom is 0.164 e. The van der Waals surface area contributed by atoms with E-state index >= 15 is 0 Å². The number of allylic oxidation sites excluding steroid dienone is 5. The second-order valence-corrected chi connectivity index (χ2v) is 7.93. The number of carbonyl (C=O) groups excluding carboxylic acids is 1. The van der Waals surface area contributed by atoms with Crippen molar-refractivity contribution in [2.24, 2.45) is 29.1 Å². The number of Topliss-reactive ketones (excluding diaryl/α,β-unsaturated/α-hetero) is 1. The van der Waals surface area contributed by atoms with E-state index in [1.54, 1.807) is 7.11 Å². The SMILES string of the molecule is C=C1C[C@H]2[C@@H]3CC=C4C=C(OC)CC[C@@H]4[C@H]3CC[C@]2(C)C1=O. The maximum atomic E-state index is 12.6. The first kappa shape index (κ1) is 14.3. The Labute approximate surface area is 133 Å². The molecule has 4 rings (SSSR count). The van der Waals surface area contributed by atoms with E-state index in [4.69, 9.17) is 4.74 Å². The number of fused-ring (bicyclic) bond motifs is 5. The molecule has 0 saturated heterocycles. The lowest BCUT2D eigenvalue weighted by Gasteiger charge is -2.50. The van der Waals surface area contributed by atoms with Crippen molar-refractivity contribution in [2.75, 3.05) is 7.11 Å². The van der Waals surface area contributed by atoms with Crippen molar-refractivity contribution in [2.45, 2.75) is 45.4 Å². The van der Waals surface area contributed by atoms with E-state index in [-0.39, 0.29) is 5.41 Å². The third kappa shape index (κ3) is 1.82. The summed E-state index contributed by atoms with van der Waals surface area (Å²) in [5.41, 5.74) is 2.26. The van der Waals surface area contributed by atoms with E-state index in [9.17, 15) is 4.79 Å². The number of hydrogen-bond acceptors (Lipinski definition) is 2. The van der Waals surface area contributed by atoms with Gasteiger partial charge < -0.3 is 4.74 Å². The van der Waals surface area contributed by atoms with Crippen LogP contribution in [0, 0.1) is 29.1 Å². The van der Waals surface area contributed by atoms with Crippen LogP contribution in [0.1, 0.15) is 45.4 Å². The van der Waals surface area contributed by atoms with E-state index < -0.39 is 0 Å². The van der Waals surface area contributed by atoms with Gasteiger partial charge in [0.2, 0.25) is 0 Å². The molecule has 4 aliphatic rings. The Morgan fingerprint density at radius 1 is 1.32 bits per heavy atom. The average molecular weight is 298 g/mol. The zero-order chi connectivity index (χ0) is 15.5. The Balaban J connectivity index is 1.67. The lowest BCUT2D eigenvalue weighted by molar-refractivity contribution is -0.128. The van der Waals surface area contributed by atoms with Crippen molar-refractivity contribution in [3.63, 3.8) is 0 Å². The normalized spacial score (nSPS) is 43.7. The molecular formula is C20H26O2. The van der Waals surface area contributed by atoms with Crippen LogP contribution in [0.5, 0.6) is 0 Å². The van der Waals surface area contributed by atoms with Gasteiger partial charge in [-0.15, -0.1) is 0 Å². The Morgan fingerprint density at radius 3 is 2.91 bits per heavy atom. The van der Waals surface area contributed by atoms with Gasteiger partial charge in [0, 0.05) is 11.8 Å². The molecule has 0 aromatic carbocycles. The van der Waals surface area contributed by atoms with Crippen LogP contribution >= 0.6 is 0 Å². The van der Waals surface area contributed by atoms with Gasteiger partial charge in [-0.2, -0.15) is 0 Å². The van der Waals surface area contributed by atoms with Crippen LogP contribution in [0.25, 0.3) is 0 Å². The first-order valence-electron chi connectivity index (χ1n) is 8.72. The van der Waals surface area contributed by atoms with E-state index in [2.05, 4.69) is 25.7 Å². The van der Waals surface area contributed by atoms with Crippen molar-refractivity contribution in [1.29, 1.82) is 0 Å². The molecule has 0 heterocycles. The summed E-state index contributed by atoms with van der Waals surface area (Å²) in [4.78, 5) is 12.6. The molecule has 4 aliphatic carbocycles. The zero-order valence-corrected chi connectivity index (χ0v) is 13.7. The molecule has 0 aromatic heterocycles. The van der Waals surface area contributed by atoms with Crippen LogP contribution in [0.3, 0.4) is 0 Å². The smallest absolute Gasteiger partial charge is 0.164 e. The van der Waals surface area contributed by atoms with Crippen molar-refractivity contribution < 1.29 is 9.53 Å². The summed E-state index contributed by atoms with van der Waals surface area (Å²) in [6.07, 6.45) is 11.3. The summed E-state index contributed by atoms with van der Waals surface area (Å²) in [6.45, 7) is 6.26. The zero-order valence-electron chi connectivity index (χ0n) is 13.7. The lowest BCUT2D eigenvalue weighted by Crippen LogP contribution is -2.45. The fourth-order valence-electron chi connectivity index (χ4n) is 5.83. The molecule has 2 saturated carbocycles. The highest BCUT2D eigenvalue weighted by atomic mass is 16.5. The van der Waals surface area contributed by atoms with Gasteiger partial charge in [0.1, 0.15) is 0 Å². The lowest BCUT2D eigenvalue weighted by atomic mass is 9.53. The van der Waals surface area contributed by atoms with Crippen LogP contribution in [-0.2, 0) is 9.53 Å². The summed E-state index contributed by atoms with van der Waals surface area (Å²) in [7, 11) is 1.78. The van der Waals surface area contributed by atoms with Crippen molar-refractivity contribution >= 4 is 5.78 Å². The van der Waals surface area contributed by atoms with Crippen LogP contribution in [0.2, 0.25) is 0 Å². The molecule has 0 radical (unpaired) electrons. The van der Waals surface area contributed by atoms with E-state index in [0.29, 0.717) is 23.5 Å². The number of methoxy groups -OCH3 is 1. The molecule has 0 bridgehead atoms. The number of ketones is 1. The van der Waals surface area contributed by atoms with Gasteiger partial charge >= 0.3 is 0 Å². The minimum atomic E-state index is -0.119. The number of hydrogen-bond donors (Lipinski definition) is 0. The van der Waals surface area contributed by atoms with E-state index in [0.717, 1.165) is 42.9 Å². The molecule has 0 aromatic rings. The molecule has 22 heavy (non-hydrogen) atoms. The number of ether oxygens (including phenoxy) is 1. The summed E-state index contributed by atoms with van der Waals surface area (Å²) in [5, 5.41) is 0. The van der Waals surface area contributed by atoms with Gasteiger partial charge in [0.15, 0.2) is 5.78 Å². The van der Waals surface area contributed by atoms with Crippen LogP contribution in [0.15, 0.2) is 35.6 Å². The molecule has 2 heteroatoms. The molecule has 0 unspecified atom stereocenters. The minimum absolute atomic E-state index is 0.119. The molecule has 2 fully saturated rings. The highest BCUT2D eigenvalue weighted by molar-refractivity contribution is 6.02. The molecule has 0 spiro atoms. The summed E-state index contributed by atoms with van der Waals surface area (Å²) in [5.74, 6) is 4.13. The molecular weight excluding hydrogens is 272 g/mol. The molecule has 0 N–H and O–H groups in total. The predicted molar refractivity (Wildman–Crippen MR) is 87.1 cm³/mol. The van der Waals surface area contributed by atoms with Crippen LogP contribution in [0.4, 0.5) is 0 Å². The molecule has 0 amide bonds. The standard InChI is InChI=1S/C20H26O2/c1-12-10-18-17-6-4-13-11-14(22-3)5-7-15(13)16(17)8-9-20(18,2)19(12)21/h4,11,15-18H,1,5-10H2,2-3H3/t15-,16+,17+,18-,20-/m0/s1. The molecule has 0 aliphatic heterocycles. The second kappa shape index (κ2) is 4.84. The molecule has 118 valence electrons. The number of carbonyl (C=O) groups is 1. The maximum absolute atomic E-state index is 12.6. The van der Waals surface area contributed by atoms with Crippen molar-refractivity contribution in [3.8, 4) is 0 Å². The van der Waals surface area contributed by atoms with Crippen molar-refractivity contribution in [1.82, 2.24) is 0 Å². The highest BCUT2D eigenvalue weighted by Gasteiger charge is 2.56. The summed E-state index contributed by atoms with van der Waals surface area (Å²) < 4.78 is 5.45. The largest absolute Gasteiger partial charge is 0.501 e. The minimum Gasteiger partial charge on any atom is -0.501 e. The van der Waals surface area contributed by atoms with E-state index in [1.807, 2.05) is 0 Å². The van der Waals surface area contributed by atoms with Gasteiger partial charge in [-0.3, -0.25) is 4.79 Å². The van der Waals surface area contributed by atoms with Crippen LogP contribution in [-0.4, -0.2) is 12.9 Å². The Hall–Kier alpha value is -1.31. The Kier molecular flexibility index (Phi) is 3.15. The van der Waals surface area contributed by atoms with Gasteiger partial charge in [0.05, 0.1) is 12.9 Å². The summed E-state index contributed by atoms with van der Waals surface area (Å²) in [6, 6.07) is 0. The summed E-state index contributed by atoms with van der Waals surface area (Å²) >= 11 is 0. The first-order chi connectivity index (χ1) is 10.5. The Morgan fingerprint density at radius 2 is 2.14 bits per heavy atom. The van der Waals surface area contributed by atoms with Gasteiger partial charge in [-0.05, 0) is 73.0 Å². The predicted octanol–water partition coefficient (Wildman–Crippen LogP) is 4.43. The molecule has 5 atom stereocenters. The third-order valence-corrected chi connectivity index (χ3v) is 7.05. The molecule has 2 nitrogen and oxygen atoms in total. The monoisotopic (exact) mass is 298 g/mol. The van der Waals surface area contributed by atoms with Gasteiger partial charge in [0.25, 0.3) is 0 Å². The van der Waals surface area contributed by atoms with E-state index in [1.165, 1.54) is 18.4 Å². The fourth-order valence-corrected chi connectivity index (χ4v) is 5.83. The third-order valence-electron chi connectivity index (χ3n) is 7.05. The Bertz CT molecular complexity index is 597. The van der Waals surface area contributed by atoms with Gasteiger partial charge in [-0.1, -0.05) is 19.6 Å². The number of rotatable bonds is 1.